The van der Waals surface area contributed by atoms with Crippen LogP contribution in [0.5, 0.6) is 0 Å². The molecule has 1 aromatic heterocycles. The van der Waals surface area contributed by atoms with Gasteiger partial charge in [0.15, 0.2) is 0 Å². The summed E-state index contributed by atoms with van der Waals surface area (Å²) in [4.78, 5) is 4.52. The second kappa shape index (κ2) is 4.23. The highest BCUT2D eigenvalue weighted by molar-refractivity contribution is 5.77. The number of fused-ring (bicyclic) bond motifs is 1. The molecule has 1 atom stereocenters. The molecule has 0 spiro atoms. The largest absolute Gasteiger partial charge is 0.395 e. The van der Waals surface area contributed by atoms with Crippen molar-refractivity contribution in [3.8, 4) is 0 Å². The van der Waals surface area contributed by atoms with Crippen molar-refractivity contribution in [2.75, 3.05) is 6.61 Å². The lowest BCUT2D eigenvalue weighted by molar-refractivity contribution is 0.275. The van der Waals surface area contributed by atoms with Crippen molar-refractivity contribution < 1.29 is 5.11 Å². The average Bonchev–Trinajstić information content (AvgIpc) is 2.57. The van der Waals surface area contributed by atoms with Crippen LogP contribution in [0.1, 0.15) is 24.4 Å². The summed E-state index contributed by atoms with van der Waals surface area (Å²) in [5.74, 6) is 0.828. The van der Waals surface area contributed by atoms with Gasteiger partial charge in [-0.25, -0.2) is 4.98 Å². The first-order valence-corrected chi connectivity index (χ1v) is 5.46. The first kappa shape index (κ1) is 11.1. The lowest BCUT2D eigenvalue weighted by Gasteiger charge is -2.09. The maximum atomic E-state index is 9.07. The van der Waals surface area contributed by atoms with Gasteiger partial charge in [0.1, 0.15) is 5.82 Å². The van der Waals surface area contributed by atoms with Gasteiger partial charge in [0.2, 0.25) is 0 Å². The van der Waals surface area contributed by atoms with Crippen LogP contribution in [0.25, 0.3) is 11.0 Å². The van der Waals surface area contributed by atoms with E-state index in [2.05, 4.69) is 4.98 Å². The number of aliphatic hydroxyl groups excluding tert-OH is 1. The second-order valence-electron chi connectivity index (χ2n) is 4.13. The van der Waals surface area contributed by atoms with Gasteiger partial charge in [0.25, 0.3) is 0 Å². The quantitative estimate of drug-likeness (QED) is 0.819. The summed E-state index contributed by atoms with van der Waals surface area (Å²) in [6.45, 7) is 4.58. The van der Waals surface area contributed by atoms with Crippen molar-refractivity contribution in [1.82, 2.24) is 9.55 Å². The van der Waals surface area contributed by atoms with Crippen molar-refractivity contribution in [2.24, 2.45) is 5.73 Å². The molecule has 0 aliphatic carbocycles. The molecule has 2 rings (SSSR count). The number of aryl methyl sites for hydroxylation is 1. The van der Waals surface area contributed by atoms with Gasteiger partial charge in [-0.1, -0.05) is 6.07 Å². The third-order valence-corrected chi connectivity index (χ3v) is 2.66. The molecular formula is C12H17N3O. The Labute approximate surface area is 94.7 Å². The Hall–Kier alpha value is -1.39. The smallest absolute Gasteiger partial charge is 0.126 e. The maximum Gasteiger partial charge on any atom is 0.126 e. The van der Waals surface area contributed by atoms with E-state index in [-0.39, 0.29) is 12.6 Å². The molecule has 0 aliphatic rings. The third-order valence-electron chi connectivity index (χ3n) is 2.66. The Morgan fingerprint density at radius 3 is 2.88 bits per heavy atom. The molecule has 4 heteroatoms. The van der Waals surface area contributed by atoms with Crippen molar-refractivity contribution in [2.45, 2.75) is 26.4 Å². The molecule has 1 unspecified atom stereocenters. The normalized spacial score (nSPS) is 13.2. The van der Waals surface area contributed by atoms with E-state index in [0.29, 0.717) is 6.54 Å². The highest BCUT2D eigenvalue weighted by Gasteiger charge is 2.13. The molecule has 0 bridgehead atoms. The first-order valence-electron chi connectivity index (χ1n) is 5.46. The van der Waals surface area contributed by atoms with E-state index in [1.807, 2.05) is 36.6 Å². The molecule has 0 radical (unpaired) electrons. The Balaban J connectivity index is 2.65. The van der Waals surface area contributed by atoms with E-state index in [1.54, 1.807) is 0 Å². The van der Waals surface area contributed by atoms with Gasteiger partial charge in [-0.05, 0) is 31.5 Å². The first-order chi connectivity index (χ1) is 7.63. The number of benzene rings is 1. The van der Waals surface area contributed by atoms with Crippen molar-refractivity contribution in [3.05, 3.63) is 29.6 Å². The van der Waals surface area contributed by atoms with Crippen LogP contribution in [0.3, 0.4) is 0 Å². The zero-order valence-corrected chi connectivity index (χ0v) is 9.64. The predicted molar refractivity (Wildman–Crippen MR) is 64.2 cm³/mol. The summed E-state index contributed by atoms with van der Waals surface area (Å²) in [5, 5.41) is 9.07. The fourth-order valence-corrected chi connectivity index (χ4v) is 1.94. The van der Waals surface area contributed by atoms with Crippen LogP contribution in [-0.2, 0) is 6.54 Å². The average molecular weight is 219 g/mol. The Bertz CT molecular complexity index is 502. The second-order valence-corrected chi connectivity index (χ2v) is 4.13. The minimum Gasteiger partial charge on any atom is -0.395 e. The van der Waals surface area contributed by atoms with E-state index in [1.165, 1.54) is 5.56 Å². The van der Waals surface area contributed by atoms with Crippen molar-refractivity contribution >= 4 is 11.0 Å². The van der Waals surface area contributed by atoms with E-state index in [9.17, 15) is 0 Å². The summed E-state index contributed by atoms with van der Waals surface area (Å²) in [6.07, 6.45) is 0. The van der Waals surface area contributed by atoms with Gasteiger partial charge in [-0.3, -0.25) is 0 Å². The number of hydrogen-bond donors (Lipinski definition) is 2. The van der Waals surface area contributed by atoms with Gasteiger partial charge >= 0.3 is 0 Å². The number of aromatic nitrogens is 2. The van der Waals surface area contributed by atoms with Crippen molar-refractivity contribution in [3.63, 3.8) is 0 Å². The zero-order chi connectivity index (χ0) is 11.7. The lowest BCUT2D eigenvalue weighted by Crippen LogP contribution is -2.14. The van der Waals surface area contributed by atoms with Crippen LogP contribution in [0.2, 0.25) is 0 Å². The van der Waals surface area contributed by atoms with Crippen LogP contribution < -0.4 is 5.73 Å². The molecule has 4 nitrogen and oxygen atoms in total. The molecule has 0 fully saturated rings. The number of aliphatic hydroxyl groups is 1. The minimum absolute atomic E-state index is 0.0963. The summed E-state index contributed by atoms with van der Waals surface area (Å²) < 4.78 is 1.99. The molecule has 16 heavy (non-hydrogen) atoms. The van der Waals surface area contributed by atoms with Crippen LogP contribution in [0.15, 0.2) is 18.2 Å². The topological polar surface area (TPSA) is 64.1 Å². The Morgan fingerprint density at radius 2 is 2.25 bits per heavy atom. The van der Waals surface area contributed by atoms with E-state index in [4.69, 9.17) is 10.8 Å². The van der Waals surface area contributed by atoms with Crippen molar-refractivity contribution in [1.29, 1.82) is 0 Å². The van der Waals surface area contributed by atoms with Crippen LogP contribution in [-0.4, -0.2) is 21.3 Å². The van der Waals surface area contributed by atoms with Gasteiger partial charge in [0, 0.05) is 6.54 Å². The maximum absolute atomic E-state index is 9.07. The monoisotopic (exact) mass is 219 g/mol. The lowest BCUT2D eigenvalue weighted by atomic mass is 10.2. The molecule has 0 aliphatic heterocycles. The molecule has 3 N–H and O–H groups in total. The highest BCUT2D eigenvalue weighted by Crippen LogP contribution is 2.20. The Kier molecular flexibility index (Phi) is 2.94. The molecular weight excluding hydrogens is 202 g/mol. The minimum atomic E-state index is -0.126. The predicted octanol–water partition coefficient (Wildman–Crippen LogP) is 1.36. The summed E-state index contributed by atoms with van der Waals surface area (Å²) in [6, 6.07) is 5.98. The van der Waals surface area contributed by atoms with Crippen LogP contribution >= 0.6 is 0 Å². The van der Waals surface area contributed by atoms with Crippen LogP contribution in [0.4, 0.5) is 0 Å². The Morgan fingerprint density at radius 1 is 1.50 bits per heavy atom. The SMILES string of the molecule is Cc1ccc2c(c1)nc(C(C)N)n2CCO. The van der Waals surface area contributed by atoms with Gasteiger partial charge in [0.05, 0.1) is 23.7 Å². The molecule has 0 saturated heterocycles. The standard InChI is InChI=1S/C12H17N3O/c1-8-3-4-11-10(7-8)14-12(9(2)13)15(11)5-6-16/h3-4,7,9,16H,5-6,13H2,1-2H3. The van der Waals surface area contributed by atoms with E-state index < -0.39 is 0 Å². The molecule has 0 amide bonds. The van der Waals surface area contributed by atoms with Gasteiger partial charge in [-0.2, -0.15) is 0 Å². The number of rotatable bonds is 3. The number of nitrogens with two attached hydrogens (primary N) is 1. The molecule has 86 valence electrons. The summed E-state index contributed by atoms with van der Waals surface area (Å²) in [7, 11) is 0. The third kappa shape index (κ3) is 1.81. The molecule has 1 heterocycles. The zero-order valence-electron chi connectivity index (χ0n) is 9.64. The van der Waals surface area contributed by atoms with E-state index in [0.717, 1.165) is 16.9 Å². The molecule has 0 saturated carbocycles. The van der Waals surface area contributed by atoms with Crippen LogP contribution in [0, 0.1) is 6.92 Å². The fourth-order valence-electron chi connectivity index (χ4n) is 1.94. The van der Waals surface area contributed by atoms with Gasteiger partial charge in [-0.15, -0.1) is 0 Å². The van der Waals surface area contributed by atoms with E-state index >= 15 is 0 Å². The number of hydrogen-bond acceptors (Lipinski definition) is 3. The highest BCUT2D eigenvalue weighted by atomic mass is 16.3. The van der Waals surface area contributed by atoms with Gasteiger partial charge < -0.3 is 15.4 Å². The summed E-state index contributed by atoms with van der Waals surface area (Å²) in [5.41, 5.74) is 9.04. The summed E-state index contributed by atoms with van der Waals surface area (Å²) >= 11 is 0. The molecule has 1 aromatic carbocycles. The molecule has 2 aromatic rings. The number of nitrogens with zero attached hydrogens (tertiary/aromatic N) is 2. The fraction of sp³-hybridized carbons (Fsp3) is 0.417. The number of imidazole rings is 1.